The SMILES string of the molecule is Cc1ccc(S(=O)(=O)NC(C(=O)N2CCN(c3ccc(-c4noc(C)n4)cc3)CC2)C(C)C)cc1. The van der Waals surface area contributed by atoms with Crippen molar-refractivity contribution < 1.29 is 17.7 Å². The molecule has 3 aromatic rings. The molecule has 1 unspecified atom stereocenters. The molecule has 1 N–H and O–H groups in total. The maximum absolute atomic E-state index is 13.3. The van der Waals surface area contributed by atoms with Gasteiger partial charge in [0.05, 0.1) is 4.90 Å². The molecule has 1 fully saturated rings. The summed E-state index contributed by atoms with van der Waals surface area (Å²) in [5.74, 6) is 0.684. The van der Waals surface area contributed by atoms with Crippen LogP contribution in [0.25, 0.3) is 11.4 Å². The maximum atomic E-state index is 13.3. The van der Waals surface area contributed by atoms with Crippen molar-refractivity contribution >= 4 is 21.6 Å². The Kier molecular flexibility index (Phi) is 7.23. The molecule has 1 atom stereocenters. The number of benzene rings is 2. The summed E-state index contributed by atoms with van der Waals surface area (Å²) in [5.41, 5.74) is 2.89. The molecular weight excluding hydrogens is 466 g/mol. The van der Waals surface area contributed by atoms with Gasteiger partial charge in [-0.05, 0) is 49.2 Å². The van der Waals surface area contributed by atoms with Crippen molar-refractivity contribution in [3.05, 3.63) is 60.0 Å². The van der Waals surface area contributed by atoms with E-state index in [0.29, 0.717) is 37.9 Å². The second-order valence-corrected chi connectivity index (χ2v) is 10.9. The summed E-state index contributed by atoms with van der Waals surface area (Å²) < 4.78 is 33.5. The zero-order valence-electron chi connectivity index (χ0n) is 20.4. The average molecular weight is 498 g/mol. The minimum atomic E-state index is -3.81. The zero-order chi connectivity index (χ0) is 25.2. The van der Waals surface area contributed by atoms with E-state index in [1.807, 2.05) is 45.0 Å². The standard InChI is InChI=1S/C25H31N5O4S/c1-17(2)23(28-35(32,33)22-11-5-18(3)6-12-22)25(31)30-15-13-29(14-16-30)21-9-7-20(8-10-21)24-26-19(4)34-27-24/h5-12,17,23,28H,13-16H2,1-4H3. The Morgan fingerprint density at radius 3 is 2.14 bits per heavy atom. The van der Waals surface area contributed by atoms with E-state index in [1.165, 1.54) is 0 Å². The number of rotatable bonds is 7. The molecule has 2 heterocycles. The minimum absolute atomic E-state index is 0.158. The van der Waals surface area contributed by atoms with E-state index in [-0.39, 0.29) is 16.7 Å². The highest BCUT2D eigenvalue weighted by Gasteiger charge is 2.33. The Morgan fingerprint density at radius 1 is 0.971 bits per heavy atom. The zero-order valence-corrected chi connectivity index (χ0v) is 21.2. The number of nitrogens with zero attached hydrogens (tertiary/aromatic N) is 4. The fraction of sp³-hybridized carbons (Fsp3) is 0.400. The van der Waals surface area contributed by atoms with Gasteiger partial charge in [-0.25, -0.2) is 8.42 Å². The third kappa shape index (κ3) is 5.71. The molecule has 9 nitrogen and oxygen atoms in total. The van der Waals surface area contributed by atoms with Gasteiger partial charge in [-0.3, -0.25) is 4.79 Å². The van der Waals surface area contributed by atoms with Crippen LogP contribution in [0.15, 0.2) is 57.9 Å². The highest BCUT2D eigenvalue weighted by Crippen LogP contribution is 2.23. The largest absolute Gasteiger partial charge is 0.368 e. The molecule has 0 spiro atoms. The third-order valence-electron chi connectivity index (χ3n) is 6.16. The van der Waals surface area contributed by atoms with Crippen LogP contribution in [0, 0.1) is 19.8 Å². The molecule has 1 saturated heterocycles. The number of sulfonamides is 1. The van der Waals surface area contributed by atoms with Gasteiger partial charge in [-0.15, -0.1) is 0 Å². The smallest absolute Gasteiger partial charge is 0.241 e. The van der Waals surface area contributed by atoms with Crippen molar-refractivity contribution in [1.29, 1.82) is 0 Å². The van der Waals surface area contributed by atoms with Gasteiger partial charge in [-0.1, -0.05) is 36.7 Å². The van der Waals surface area contributed by atoms with Crippen LogP contribution in [-0.4, -0.2) is 61.6 Å². The van der Waals surface area contributed by atoms with Crippen molar-refractivity contribution in [2.45, 2.75) is 38.6 Å². The molecule has 35 heavy (non-hydrogen) atoms. The summed E-state index contributed by atoms with van der Waals surface area (Å²) in [5, 5.41) is 3.94. The quantitative estimate of drug-likeness (QED) is 0.534. The lowest BCUT2D eigenvalue weighted by molar-refractivity contribution is -0.134. The molecule has 10 heteroatoms. The van der Waals surface area contributed by atoms with Crippen molar-refractivity contribution in [2.24, 2.45) is 5.92 Å². The van der Waals surface area contributed by atoms with Gasteiger partial charge < -0.3 is 14.3 Å². The number of carbonyl (C=O) groups excluding carboxylic acids is 1. The Balaban J connectivity index is 1.39. The van der Waals surface area contributed by atoms with Gasteiger partial charge in [0.1, 0.15) is 6.04 Å². The topological polar surface area (TPSA) is 109 Å². The maximum Gasteiger partial charge on any atom is 0.241 e. The number of amides is 1. The number of aryl methyl sites for hydroxylation is 2. The van der Waals surface area contributed by atoms with E-state index in [2.05, 4.69) is 19.8 Å². The minimum Gasteiger partial charge on any atom is -0.368 e. The van der Waals surface area contributed by atoms with Crippen LogP contribution in [0.5, 0.6) is 0 Å². The summed E-state index contributed by atoms with van der Waals surface area (Å²) in [6.07, 6.45) is 0. The van der Waals surface area contributed by atoms with E-state index >= 15 is 0 Å². The lowest BCUT2D eigenvalue weighted by atomic mass is 10.0. The number of hydrogen-bond donors (Lipinski definition) is 1. The molecule has 0 saturated carbocycles. The van der Waals surface area contributed by atoms with Gasteiger partial charge in [0.2, 0.25) is 27.6 Å². The molecule has 1 aliphatic heterocycles. The highest BCUT2D eigenvalue weighted by molar-refractivity contribution is 7.89. The molecule has 0 radical (unpaired) electrons. The normalized spacial score (nSPS) is 15.5. The Morgan fingerprint density at radius 2 is 1.60 bits per heavy atom. The number of nitrogens with one attached hydrogen (secondary N) is 1. The van der Waals surface area contributed by atoms with E-state index in [1.54, 1.807) is 36.1 Å². The van der Waals surface area contributed by atoms with Gasteiger partial charge in [0.25, 0.3) is 0 Å². The monoisotopic (exact) mass is 497 g/mol. The van der Waals surface area contributed by atoms with Crippen LogP contribution in [0.3, 0.4) is 0 Å². The lowest BCUT2D eigenvalue weighted by Gasteiger charge is -2.38. The van der Waals surface area contributed by atoms with Crippen LogP contribution >= 0.6 is 0 Å². The molecule has 1 aromatic heterocycles. The number of hydrogen-bond acceptors (Lipinski definition) is 7. The van der Waals surface area contributed by atoms with E-state index < -0.39 is 16.1 Å². The van der Waals surface area contributed by atoms with Gasteiger partial charge in [-0.2, -0.15) is 9.71 Å². The molecular formula is C25H31N5O4S. The fourth-order valence-corrected chi connectivity index (χ4v) is 5.38. The molecule has 186 valence electrons. The molecule has 2 aromatic carbocycles. The van der Waals surface area contributed by atoms with E-state index in [9.17, 15) is 13.2 Å². The summed E-state index contributed by atoms with van der Waals surface area (Å²) in [6.45, 7) is 9.69. The summed E-state index contributed by atoms with van der Waals surface area (Å²) in [6, 6.07) is 13.7. The second-order valence-electron chi connectivity index (χ2n) is 9.15. The van der Waals surface area contributed by atoms with Crippen LogP contribution in [0.4, 0.5) is 5.69 Å². The first-order valence-electron chi connectivity index (χ1n) is 11.7. The van der Waals surface area contributed by atoms with Gasteiger partial charge in [0.15, 0.2) is 0 Å². The predicted octanol–water partition coefficient (Wildman–Crippen LogP) is 3.01. The van der Waals surface area contributed by atoms with Crippen LogP contribution in [-0.2, 0) is 14.8 Å². The van der Waals surface area contributed by atoms with Crippen molar-refractivity contribution in [2.75, 3.05) is 31.1 Å². The summed E-state index contributed by atoms with van der Waals surface area (Å²) >= 11 is 0. The lowest BCUT2D eigenvalue weighted by Crippen LogP contribution is -2.56. The fourth-order valence-electron chi connectivity index (χ4n) is 4.04. The van der Waals surface area contributed by atoms with Gasteiger partial charge in [0, 0.05) is 44.4 Å². The number of piperazine rings is 1. The first-order chi connectivity index (χ1) is 16.6. The molecule has 1 aliphatic rings. The molecule has 1 amide bonds. The first kappa shape index (κ1) is 24.9. The third-order valence-corrected chi connectivity index (χ3v) is 7.61. The van der Waals surface area contributed by atoms with Crippen molar-refractivity contribution in [3.63, 3.8) is 0 Å². The first-order valence-corrected chi connectivity index (χ1v) is 13.2. The molecule has 0 aliphatic carbocycles. The molecule has 0 bridgehead atoms. The van der Waals surface area contributed by atoms with E-state index in [4.69, 9.17) is 4.52 Å². The Hall–Kier alpha value is -3.24. The van der Waals surface area contributed by atoms with Crippen LogP contribution in [0.2, 0.25) is 0 Å². The van der Waals surface area contributed by atoms with Crippen LogP contribution in [0.1, 0.15) is 25.3 Å². The highest BCUT2D eigenvalue weighted by atomic mass is 32.2. The average Bonchev–Trinajstić information content (AvgIpc) is 3.29. The predicted molar refractivity (Wildman–Crippen MR) is 133 cm³/mol. The van der Waals surface area contributed by atoms with Crippen molar-refractivity contribution in [1.82, 2.24) is 19.8 Å². The van der Waals surface area contributed by atoms with E-state index in [0.717, 1.165) is 16.8 Å². The Bertz CT molecular complexity index is 1260. The summed E-state index contributed by atoms with van der Waals surface area (Å²) in [7, 11) is -3.81. The summed E-state index contributed by atoms with van der Waals surface area (Å²) in [4.78, 5) is 21.7. The van der Waals surface area contributed by atoms with Crippen LogP contribution < -0.4 is 9.62 Å². The van der Waals surface area contributed by atoms with Gasteiger partial charge >= 0.3 is 0 Å². The Labute approximate surface area is 206 Å². The number of anilines is 1. The number of aromatic nitrogens is 2. The van der Waals surface area contributed by atoms with Crippen molar-refractivity contribution in [3.8, 4) is 11.4 Å². The molecule has 4 rings (SSSR count). The number of carbonyl (C=O) groups is 1. The second kappa shape index (κ2) is 10.2.